The number of aromatic nitrogens is 2. The third-order valence-electron chi connectivity index (χ3n) is 3.72. The maximum Gasteiger partial charge on any atom is 0.306 e. The van der Waals surface area contributed by atoms with E-state index >= 15 is 0 Å². The minimum atomic E-state index is -0.737. The van der Waals surface area contributed by atoms with Gasteiger partial charge in [-0.1, -0.05) is 6.92 Å². The summed E-state index contributed by atoms with van der Waals surface area (Å²) >= 11 is 0. The SMILES string of the molecule is CCc1nc(N2CCC(C(=O)O)CC2)[nH]c(=O)c1C. The maximum absolute atomic E-state index is 11.8. The van der Waals surface area contributed by atoms with Crippen molar-refractivity contribution >= 4 is 11.9 Å². The number of piperidine rings is 1. The first-order valence-corrected chi connectivity index (χ1v) is 6.60. The van der Waals surface area contributed by atoms with Gasteiger partial charge in [0.1, 0.15) is 0 Å². The van der Waals surface area contributed by atoms with Crippen molar-refractivity contribution in [3.63, 3.8) is 0 Å². The molecule has 1 aromatic heterocycles. The van der Waals surface area contributed by atoms with E-state index in [1.807, 2.05) is 11.8 Å². The topological polar surface area (TPSA) is 86.3 Å². The van der Waals surface area contributed by atoms with Crippen LogP contribution in [-0.4, -0.2) is 34.1 Å². The molecule has 1 aromatic rings. The summed E-state index contributed by atoms with van der Waals surface area (Å²) in [7, 11) is 0. The molecule has 2 rings (SSSR count). The Kier molecular flexibility index (Phi) is 3.87. The summed E-state index contributed by atoms with van der Waals surface area (Å²) in [5, 5.41) is 8.97. The monoisotopic (exact) mass is 265 g/mol. The standard InChI is InChI=1S/C13H19N3O3/c1-3-10-8(2)11(17)15-13(14-10)16-6-4-9(5-7-16)12(18)19/h9H,3-7H2,1-2H3,(H,18,19)(H,14,15,17). The Morgan fingerprint density at radius 1 is 1.47 bits per heavy atom. The minimum Gasteiger partial charge on any atom is -0.481 e. The average molecular weight is 265 g/mol. The van der Waals surface area contributed by atoms with Crippen LogP contribution in [-0.2, 0) is 11.2 Å². The van der Waals surface area contributed by atoms with Crippen LogP contribution in [0.3, 0.4) is 0 Å². The summed E-state index contributed by atoms with van der Waals surface area (Å²) in [4.78, 5) is 31.9. The van der Waals surface area contributed by atoms with Crippen LogP contribution in [0.25, 0.3) is 0 Å². The molecule has 0 aromatic carbocycles. The number of hydrogen-bond acceptors (Lipinski definition) is 4. The molecule has 0 amide bonds. The number of aryl methyl sites for hydroxylation is 1. The fraction of sp³-hybridized carbons (Fsp3) is 0.615. The predicted molar refractivity (Wildman–Crippen MR) is 71.5 cm³/mol. The van der Waals surface area contributed by atoms with Gasteiger partial charge in [0.25, 0.3) is 5.56 Å². The van der Waals surface area contributed by atoms with Crippen molar-refractivity contribution in [2.75, 3.05) is 18.0 Å². The fourth-order valence-electron chi connectivity index (χ4n) is 2.40. The van der Waals surface area contributed by atoms with E-state index in [0.29, 0.717) is 43.9 Å². The van der Waals surface area contributed by atoms with Gasteiger partial charge in [-0.15, -0.1) is 0 Å². The van der Waals surface area contributed by atoms with Crippen LogP contribution < -0.4 is 10.5 Å². The van der Waals surface area contributed by atoms with Gasteiger partial charge >= 0.3 is 5.97 Å². The van der Waals surface area contributed by atoms with Crippen LogP contribution in [0.15, 0.2) is 4.79 Å². The molecule has 1 fully saturated rings. The first kappa shape index (κ1) is 13.6. The summed E-state index contributed by atoms with van der Waals surface area (Å²) in [5.41, 5.74) is 1.35. The van der Waals surface area contributed by atoms with E-state index in [1.165, 1.54) is 0 Å². The van der Waals surface area contributed by atoms with Gasteiger partial charge in [0.2, 0.25) is 5.95 Å². The maximum atomic E-state index is 11.8. The zero-order valence-electron chi connectivity index (χ0n) is 11.3. The van der Waals surface area contributed by atoms with Crippen molar-refractivity contribution in [3.8, 4) is 0 Å². The number of aromatic amines is 1. The molecule has 0 spiro atoms. The number of hydrogen-bond donors (Lipinski definition) is 2. The Morgan fingerprint density at radius 3 is 2.63 bits per heavy atom. The first-order chi connectivity index (χ1) is 9.02. The largest absolute Gasteiger partial charge is 0.481 e. The zero-order valence-corrected chi connectivity index (χ0v) is 11.3. The molecule has 0 aliphatic carbocycles. The number of anilines is 1. The number of carboxylic acid groups (broad SMARTS) is 1. The second-order valence-electron chi connectivity index (χ2n) is 4.91. The van der Waals surface area contributed by atoms with Crippen molar-refractivity contribution in [3.05, 3.63) is 21.6 Å². The molecule has 0 atom stereocenters. The third kappa shape index (κ3) is 2.77. The van der Waals surface area contributed by atoms with Gasteiger partial charge in [-0.25, -0.2) is 4.98 Å². The van der Waals surface area contributed by atoms with Crippen molar-refractivity contribution in [1.82, 2.24) is 9.97 Å². The molecule has 1 aliphatic heterocycles. The Morgan fingerprint density at radius 2 is 2.11 bits per heavy atom. The number of rotatable bonds is 3. The first-order valence-electron chi connectivity index (χ1n) is 6.60. The molecule has 6 heteroatoms. The molecule has 6 nitrogen and oxygen atoms in total. The number of carboxylic acids is 1. The van der Waals surface area contributed by atoms with E-state index in [0.717, 1.165) is 5.69 Å². The Balaban J connectivity index is 2.18. The Bertz CT molecular complexity index is 530. The van der Waals surface area contributed by atoms with E-state index in [4.69, 9.17) is 5.11 Å². The number of carbonyl (C=O) groups is 1. The molecule has 0 bridgehead atoms. The molecule has 0 unspecified atom stereocenters. The third-order valence-corrected chi connectivity index (χ3v) is 3.72. The molecular formula is C13H19N3O3. The molecule has 2 N–H and O–H groups in total. The van der Waals surface area contributed by atoms with Crippen molar-refractivity contribution in [2.24, 2.45) is 5.92 Å². The Hall–Kier alpha value is -1.85. The Labute approximate surface area is 111 Å². The van der Waals surface area contributed by atoms with Crippen molar-refractivity contribution in [1.29, 1.82) is 0 Å². The van der Waals surface area contributed by atoms with E-state index < -0.39 is 5.97 Å². The summed E-state index contributed by atoms with van der Waals surface area (Å²) in [5.74, 6) is -0.449. The summed E-state index contributed by atoms with van der Waals surface area (Å²) < 4.78 is 0. The van der Waals surface area contributed by atoms with Gasteiger partial charge in [0, 0.05) is 18.7 Å². The molecule has 1 aliphatic rings. The molecule has 0 radical (unpaired) electrons. The number of H-pyrrole nitrogens is 1. The van der Waals surface area contributed by atoms with Gasteiger partial charge in [-0.3, -0.25) is 14.6 Å². The quantitative estimate of drug-likeness (QED) is 0.849. The highest BCUT2D eigenvalue weighted by atomic mass is 16.4. The summed E-state index contributed by atoms with van der Waals surface area (Å²) in [6.07, 6.45) is 1.90. The molecular weight excluding hydrogens is 246 g/mol. The van der Waals surface area contributed by atoms with E-state index in [-0.39, 0.29) is 11.5 Å². The predicted octanol–water partition coefficient (Wildman–Crippen LogP) is 0.942. The molecule has 104 valence electrons. The van der Waals surface area contributed by atoms with E-state index in [1.54, 1.807) is 6.92 Å². The van der Waals surface area contributed by atoms with Gasteiger partial charge in [0.05, 0.1) is 11.6 Å². The van der Waals surface area contributed by atoms with Gasteiger partial charge in [0.15, 0.2) is 0 Å². The van der Waals surface area contributed by atoms with Crippen LogP contribution in [0, 0.1) is 12.8 Å². The minimum absolute atomic E-state index is 0.109. The normalized spacial score (nSPS) is 16.6. The second kappa shape index (κ2) is 5.42. The van der Waals surface area contributed by atoms with Crippen molar-refractivity contribution < 1.29 is 9.90 Å². The molecule has 1 saturated heterocycles. The van der Waals surface area contributed by atoms with Crippen molar-refractivity contribution in [2.45, 2.75) is 33.1 Å². The zero-order chi connectivity index (χ0) is 14.0. The van der Waals surface area contributed by atoms with E-state index in [2.05, 4.69) is 9.97 Å². The summed E-state index contributed by atoms with van der Waals surface area (Å²) in [6, 6.07) is 0. The summed E-state index contributed by atoms with van der Waals surface area (Å²) in [6.45, 7) is 4.97. The van der Waals surface area contributed by atoms with Crippen LogP contribution >= 0.6 is 0 Å². The second-order valence-corrected chi connectivity index (χ2v) is 4.91. The van der Waals surface area contributed by atoms with Crippen LogP contribution in [0.5, 0.6) is 0 Å². The van der Waals surface area contributed by atoms with Gasteiger partial charge < -0.3 is 10.0 Å². The van der Waals surface area contributed by atoms with Crippen LogP contribution in [0.4, 0.5) is 5.95 Å². The highest BCUT2D eigenvalue weighted by molar-refractivity contribution is 5.70. The van der Waals surface area contributed by atoms with E-state index in [9.17, 15) is 9.59 Å². The lowest BCUT2D eigenvalue weighted by atomic mass is 9.97. The smallest absolute Gasteiger partial charge is 0.306 e. The molecule has 2 heterocycles. The number of nitrogens with one attached hydrogen (secondary N) is 1. The lowest BCUT2D eigenvalue weighted by molar-refractivity contribution is -0.142. The average Bonchev–Trinajstić information content (AvgIpc) is 2.41. The molecule has 19 heavy (non-hydrogen) atoms. The van der Waals surface area contributed by atoms with Gasteiger partial charge in [-0.2, -0.15) is 0 Å². The lowest BCUT2D eigenvalue weighted by Gasteiger charge is -2.30. The van der Waals surface area contributed by atoms with Crippen LogP contribution in [0.1, 0.15) is 31.0 Å². The lowest BCUT2D eigenvalue weighted by Crippen LogP contribution is -2.38. The number of aliphatic carboxylic acids is 1. The molecule has 0 saturated carbocycles. The fourth-order valence-corrected chi connectivity index (χ4v) is 2.40. The highest BCUT2D eigenvalue weighted by Gasteiger charge is 2.25. The van der Waals surface area contributed by atoms with Crippen LogP contribution in [0.2, 0.25) is 0 Å². The van der Waals surface area contributed by atoms with Gasteiger partial charge in [-0.05, 0) is 26.2 Å². The highest BCUT2D eigenvalue weighted by Crippen LogP contribution is 2.20. The number of nitrogens with zero attached hydrogens (tertiary/aromatic N) is 2.